The molecule has 0 saturated heterocycles. The number of hydrogen-bond donors (Lipinski definition) is 2. The van der Waals surface area contributed by atoms with Crippen LogP contribution in [0.15, 0.2) is 31.4 Å². The minimum Gasteiger partial charge on any atom is -0.508 e. The van der Waals surface area contributed by atoms with E-state index in [1.165, 1.54) is 0 Å². The Morgan fingerprint density at radius 1 is 1.08 bits per heavy atom. The summed E-state index contributed by atoms with van der Waals surface area (Å²) in [5, 5.41) is 18.4. The molecule has 0 heterocycles. The third-order valence-corrected chi connectivity index (χ3v) is 1.80. The summed E-state index contributed by atoms with van der Waals surface area (Å²) in [5.74, 6) is -0.126. The molecule has 0 spiro atoms. The quantitative estimate of drug-likeness (QED) is 0.680. The molecule has 0 aliphatic heterocycles. The summed E-state index contributed by atoms with van der Waals surface area (Å²) in [6.45, 7) is 8.71. The van der Waals surface area contributed by atoms with E-state index in [9.17, 15) is 10.2 Å². The van der Waals surface area contributed by atoms with E-state index in [1.54, 1.807) is 12.1 Å². The van der Waals surface area contributed by atoms with Crippen LogP contribution in [0.25, 0.3) is 11.5 Å². The Hall–Kier alpha value is -1.70. The predicted octanol–water partition coefficient (Wildman–Crippen LogP) is 3.05. The molecular weight excluding hydrogens is 164 g/mol. The Morgan fingerprint density at radius 3 is 2.08 bits per heavy atom. The predicted molar refractivity (Wildman–Crippen MR) is 54.5 cm³/mol. The molecule has 2 N–H and O–H groups in total. The van der Waals surface area contributed by atoms with Gasteiger partial charge in [-0.15, -0.1) is 0 Å². The van der Waals surface area contributed by atoms with Gasteiger partial charge in [0.15, 0.2) is 0 Å². The van der Waals surface area contributed by atoms with Crippen LogP contribution in [0.2, 0.25) is 0 Å². The van der Waals surface area contributed by atoms with Crippen molar-refractivity contribution in [2.45, 2.75) is 6.92 Å². The van der Waals surface area contributed by atoms with Gasteiger partial charge in [-0.05, 0) is 13.0 Å². The monoisotopic (exact) mass is 176 g/mol. The fraction of sp³-hybridized carbons (Fsp3) is 0.0909. The van der Waals surface area contributed by atoms with Crippen molar-refractivity contribution in [1.29, 1.82) is 0 Å². The Bertz CT molecular complexity index is 364. The molecule has 0 aliphatic carbocycles. The largest absolute Gasteiger partial charge is 0.508 e. The number of hydrogen-bond acceptors (Lipinski definition) is 2. The summed E-state index contributed by atoms with van der Waals surface area (Å²) in [7, 11) is 0. The van der Waals surface area contributed by atoms with E-state index < -0.39 is 0 Å². The molecule has 0 atom stereocenters. The van der Waals surface area contributed by atoms with E-state index in [0.29, 0.717) is 11.1 Å². The molecule has 2 heteroatoms. The van der Waals surface area contributed by atoms with Crippen molar-refractivity contribution in [2.75, 3.05) is 0 Å². The fourth-order valence-corrected chi connectivity index (χ4v) is 1.15. The van der Waals surface area contributed by atoms with E-state index in [4.69, 9.17) is 0 Å². The van der Waals surface area contributed by atoms with E-state index in [2.05, 4.69) is 13.2 Å². The van der Waals surface area contributed by atoms with Gasteiger partial charge in [0.05, 0.1) is 0 Å². The Kier molecular flexibility index (Phi) is 2.42. The highest BCUT2D eigenvalue weighted by molar-refractivity contribution is 5.72. The molecule has 0 amide bonds. The summed E-state index contributed by atoms with van der Waals surface area (Å²) < 4.78 is 0. The van der Waals surface area contributed by atoms with Crippen molar-refractivity contribution in [3.8, 4) is 0 Å². The minimum atomic E-state index is -0.0646. The highest BCUT2D eigenvalue weighted by Gasteiger charge is 2.07. The zero-order chi connectivity index (χ0) is 10.0. The second kappa shape index (κ2) is 3.35. The molecule has 0 unspecified atom stereocenters. The Labute approximate surface area is 77.5 Å². The van der Waals surface area contributed by atoms with Gasteiger partial charge in [-0.2, -0.15) is 0 Å². The van der Waals surface area contributed by atoms with Crippen LogP contribution in [0.3, 0.4) is 0 Å². The summed E-state index contributed by atoms with van der Waals surface area (Å²) >= 11 is 0. The van der Waals surface area contributed by atoms with Crippen molar-refractivity contribution in [2.24, 2.45) is 0 Å². The third-order valence-electron chi connectivity index (χ3n) is 1.80. The molecule has 1 aromatic rings. The first-order valence-corrected chi connectivity index (χ1v) is 3.89. The molecule has 0 aliphatic rings. The van der Waals surface area contributed by atoms with Crippen molar-refractivity contribution in [3.05, 3.63) is 48.0 Å². The molecule has 68 valence electrons. The lowest BCUT2D eigenvalue weighted by molar-refractivity contribution is 0.503. The number of benzene rings is 1. The topological polar surface area (TPSA) is 40.5 Å². The van der Waals surface area contributed by atoms with Crippen LogP contribution in [0, 0.1) is 6.92 Å². The first-order valence-electron chi connectivity index (χ1n) is 3.89. The summed E-state index contributed by atoms with van der Waals surface area (Å²) in [5.41, 5.74) is 2.03. The van der Waals surface area contributed by atoms with E-state index in [-0.39, 0.29) is 11.5 Å². The van der Waals surface area contributed by atoms with Crippen LogP contribution in [0.1, 0.15) is 16.7 Å². The van der Waals surface area contributed by atoms with Gasteiger partial charge in [0, 0.05) is 11.1 Å². The van der Waals surface area contributed by atoms with Crippen molar-refractivity contribution in [3.63, 3.8) is 0 Å². The molecule has 0 bridgehead atoms. The fourth-order valence-electron chi connectivity index (χ4n) is 1.15. The molecule has 0 aromatic heterocycles. The van der Waals surface area contributed by atoms with Crippen LogP contribution < -0.4 is 0 Å². The standard InChI is InChI=1S/C11H12O2/c1-7-4-5-10(8(2)12)11(6-7)9(3)13/h4-6,12-13H,2-3H2,1H3. The van der Waals surface area contributed by atoms with Gasteiger partial charge in [-0.3, -0.25) is 0 Å². The van der Waals surface area contributed by atoms with Crippen molar-refractivity contribution in [1.82, 2.24) is 0 Å². The lowest BCUT2D eigenvalue weighted by Crippen LogP contribution is -1.92. The molecular formula is C11H12O2. The van der Waals surface area contributed by atoms with Crippen LogP contribution >= 0.6 is 0 Å². The average molecular weight is 176 g/mol. The Morgan fingerprint density at radius 2 is 1.62 bits per heavy atom. The first-order chi connectivity index (χ1) is 6.02. The van der Waals surface area contributed by atoms with Gasteiger partial charge in [0.1, 0.15) is 11.5 Å². The molecule has 2 nitrogen and oxygen atoms in total. The van der Waals surface area contributed by atoms with Crippen LogP contribution in [-0.4, -0.2) is 10.2 Å². The first kappa shape index (κ1) is 9.39. The van der Waals surface area contributed by atoms with E-state index in [1.807, 2.05) is 13.0 Å². The van der Waals surface area contributed by atoms with E-state index in [0.717, 1.165) is 5.56 Å². The van der Waals surface area contributed by atoms with Gasteiger partial charge < -0.3 is 10.2 Å². The Balaban J connectivity index is 3.35. The molecule has 13 heavy (non-hydrogen) atoms. The van der Waals surface area contributed by atoms with Crippen LogP contribution in [0.4, 0.5) is 0 Å². The molecule has 0 fully saturated rings. The smallest absolute Gasteiger partial charge is 0.116 e. The van der Waals surface area contributed by atoms with Gasteiger partial charge in [-0.1, -0.05) is 30.9 Å². The number of rotatable bonds is 2. The SMILES string of the molecule is C=C(O)c1ccc(C)cc1C(=C)O. The summed E-state index contributed by atoms with van der Waals surface area (Å²) in [6, 6.07) is 5.29. The van der Waals surface area contributed by atoms with Gasteiger partial charge in [0.25, 0.3) is 0 Å². The van der Waals surface area contributed by atoms with E-state index >= 15 is 0 Å². The maximum absolute atomic E-state index is 9.23. The molecule has 1 aromatic carbocycles. The zero-order valence-corrected chi connectivity index (χ0v) is 7.54. The van der Waals surface area contributed by atoms with Crippen LogP contribution in [-0.2, 0) is 0 Å². The second-order valence-corrected chi connectivity index (χ2v) is 2.94. The maximum Gasteiger partial charge on any atom is 0.116 e. The lowest BCUT2D eigenvalue weighted by Gasteiger charge is -2.07. The molecule has 0 saturated carbocycles. The number of aliphatic hydroxyl groups excluding tert-OH is 2. The highest BCUT2D eigenvalue weighted by atomic mass is 16.3. The van der Waals surface area contributed by atoms with Crippen molar-refractivity contribution >= 4 is 11.5 Å². The normalized spacial score (nSPS) is 9.62. The zero-order valence-electron chi connectivity index (χ0n) is 7.54. The van der Waals surface area contributed by atoms with Gasteiger partial charge in [0.2, 0.25) is 0 Å². The van der Waals surface area contributed by atoms with Gasteiger partial charge >= 0.3 is 0 Å². The lowest BCUT2D eigenvalue weighted by atomic mass is 10.0. The summed E-state index contributed by atoms with van der Waals surface area (Å²) in [6.07, 6.45) is 0. The summed E-state index contributed by atoms with van der Waals surface area (Å²) in [4.78, 5) is 0. The molecule has 1 rings (SSSR count). The minimum absolute atomic E-state index is 0.0612. The van der Waals surface area contributed by atoms with Crippen LogP contribution in [0.5, 0.6) is 0 Å². The highest BCUT2D eigenvalue weighted by Crippen LogP contribution is 2.21. The van der Waals surface area contributed by atoms with Gasteiger partial charge in [-0.25, -0.2) is 0 Å². The van der Waals surface area contributed by atoms with Crippen molar-refractivity contribution < 1.29 is 10.2 Å². The number of aliphatic hydroxyl groups is 2. The second-order valence-electron chi connectivity index (χ2n) is 2.94. The third kappa shape index (κ3) is 1.90. The maximum atomic E-state index is 9.23. The average Bonchev–Trinajstić information content (AvgIpc) is 2.03. The molecule has 0 radical (unpaired) electrons. The number of aryl methyl sites for hydroxylation is 1.